The molecular weight excluding hydrogens is 485 g/mol. The fourth-order valence-electron chi connectivity index (χ4n) is 3.68. The molecule has 0 amide bonds. The number of nitrogens with one attached hydrogen (secondary N) is 2. The summed E-state index contributed by atoms with van der Waals surface area (Å²) in [6.07, 6.45) is 0. The highest BCUT2D eigenvalue weighted by molar-refractivity contribution is 7.97. The molecule has 1 aliphatic heterocycles. The Morgan fingerprint density at radius 1 is 0.971 bits per heavy atom. The summed E-state index contributed by atoms with van der Waals surface area (Å²) in [6, 6.07) is 19.7. The molecular formula is C25H24FN5O2S2. The number of fused-ring (bicyclic) bond motifs is 1. The maximum Gasteiger partial charge on any atom is 0.214 e. The van der Waals surface area contributed by atoms with E-state index in [-0.39, 0.29) is 5.82 Å². The summed E-state index contributed by atoms with van der Waals surface area (Å²) < 4.78 is 37.3. The molecule has 4 aromatic rings. The minimum absolute atomic E-state index is 0.344. The van der Waals surface area contributed by atoms with E-state index in [4.69, 9.17) is 9.72 Å². The van der Waals surface area contributed by atoms with E-state index in [2.05, 4.69) is 25.4 Å². The van der Waals surface area contributed by atoms with Crippen LogP contribution in [0.5, 0.6) is 0 Å². The van der Waals surface area contributed by atoms with Gasteiger partial charge in [-0.3, -0.25) is 0 Å². The van der Waals surface area contributed by atoms with Crippen molar-refractivity contribution < 1.29 is 13.7 Å². The van der Waals surface area contributed by atoms with Gasteiger partial charge in [0.25, 0.3) is 0 Å². The van der Waals surface area contributed by atoms with Gasteiger partial charge in [0, 0.05) is 29.2 Å². The number of halogens is 1. The van der Waals surface area contributed by atoms with Crippen molar-refractivity contribution in [2.75, 3.05) is 36.3 Å². The average Bonchev–Trinajstić information content (AvgIpc) is 2.85. The van der Waals surface area contributed by atoms with E-state index in [1.54, 1.807) is 18.9 Å². The fourth-order valence-corrected chi connectivity index (χ4v) is 5.60. The Morgan fingerprint density at radius 2 is 1.71 bits per heavy atom. The topological polar surface area (TPSA) is 85.4 Å². The second-order valence-electron chi connectivity index (χ2n) is 7.98. The van der Waals surface area contributed by atoms with E-state index in [0.29, 0.717) is 33.1 Å². The van der Waals surface area contributed by atoms with Gasteiger partial charge in [-0.1, -0.05) is 18.2 Å². The van der Waals surface area contributed by atoms with Crippen molar-refractivity contribution >= 4 is 51.7 Å². The van der Waals surface area contributed by atoms with Crippen LogP contribution in [0.15, 0.2) is 76.5 Å². The molecule has 2 N–H and O–H groups in total. The molecule has 0 radical (unpaired) electrons. The molecule has 180 valence electrons. The first-order valence-electron chi connectivity index (χ1n) is 11.1. The minimum Gasteiger partial charge on any atom is -0.588 e. The van der Waals surface area contributed by atoms with Crippen molar-refractivity contribution in [2.24, 2.45) is 0 Å². The Hall–Kier alpha value is -2.89. The predicted molar refractivity (Wildman–Crippen MR) is 139 cm³/mol. The van der Waals surface area contributed by atoms with Crippen molar-refractivity contribution in [3.63, 3.8) is 0 Å². The lowest BCUT2D eigenvalue weighted by molar-refractivity contribution is 0.0773. The van der Waals surface area contributed by atoms with Crippen LogP contribution in [0, 0.1) is 12.7 Å². The third-order valence-corrected chi connectivity index (χ3v) is 7.72. The molecule has 0 bridgehead atoms. The Labute approximate surface area is 210 Å². The maximum atomic E-state index is 13.5. The van der Waals surface area contributed by atoms with Crippen LogP contribution < -0.4 is 10.0 Å². The van der Waals surface area contributed by atoms with Crippen LogP contribution in [0.3, 0.4) is 0 Å². The Kier molecular flexibility index (Phi) is 7.35. The summed E-state index contributed by atoms with van der Waals surface area (Å²) in [5.74, 6) is 0.424. The quantitative estimate of drug-likeness (QED) is 0.257. The first-order chi connectivity index (χ1) is 17.0. The van der Waals surface area contributed by atoms with Crippen molar-refractivity contribution in [1.29, 1.82) is 0 Å². The lowest BCUT2D eigenvalue weighted by Crippen LogP contribution is -2.30. The molecule has 1 aromatic heterocycles. The third kappa shape index (κ3) is 5.85. The van der Waals surface area contributed by atoms with Gasteiger partial charge in [-0.2, -0.15) is 4.72 Å². The summed E-state index contributed by atoms with van der Waals surface area (Å²) in [6.45, 7) is 4.94. The van der Waals surface area contributed by atoms with Crippen LogP contribution in [-0.2, 0) is 16.1 Å². The summed E-state index contributed by atoms with van der Waals surface area (Å²) in [5, 5.41) is 3.34. The molecule has 0 spiro atoms. The highest BCUT2D eigenvalue weighted by Gasteiger charge is 2.20. The van der Waals surface area contributed by atoms with Crippen molar-refractivity contribution in [3.05, 3.63) is 78.1 Å². The highest BCUT2D eigenvalue weighted by atomic mass is 32.2. The lowest BCUT2D eigenvalue weighted by Gasteiger charge is -2.25. The molecule has 1 atom stereocenters. The van der Waals surface area contributed by atoms with Crippen LogP contribution in [-0.4, -0.2) is 45.1 Å². The summed E-state index contributed by atoms with van der Waals surface area (Å²) in [5.41, 5.74) is 2.81. The number of benzene rings is 3. The van der Waals surface area contributed by atoms with Crippen molar-refractivity contribution in [1.82, 2.24) is 14.3 Å². The second kappa shape index (κ2) is 10.8. The van der Waals surface area contributed by atoms with Gasteiger partial charge in [-0.05, 0) is 67.4 Å². The van der Waals surface area contributed by atoms with Crippen LogP contribution in [0.1, 0.15) is 5.56 Å². The monoisotopic (exact) mass is 509 g/mol. The molecule has 0 aliphatic carbocycles. The number of hydrogen-bond acceptors (Lipinski definition) is 8. The minimum atomic E-state index is -1.66. The Bertz CT molecular complexity index is 1340. The van der Waals surface area contributed by atoms with E-state index in [1.165, 1.54) is 18.2 Å². The summed E-state index contributed by atoms with van der Waals surface area (Å²) in [7, 11) is 0. The first-order valence-corrected chi connectivity index (χ1v) is 13.1. The number of aryl methyl sites for hydroxylation is 1. The molecule has 3 aromatic carbocycles. The lowest BCUT2D eigenvalue weighted by atomic mass is 10.2. The third-order valence-electron chi connectivity index (χ3n) is 5.40. The summed E-state index contributed by atoms with van der Waals surface area (Å²) >= 11 is 0.0325. The highest BCUT2D eigenvalue weighted by Crippen LogP contribution is 2.30. The van der Waals surface area contributed by atoms with Crippen LogP contribution in [0.4, 0.5) is 21.7 Å². The van der Waals surface area contributed by atoms with E-state index >= 15 is 0 Å². The molecule has 1 aliphatic rings. The smallest absolute Gasteiger partial charge is 0.214 e. The Morgan fingerprint density at radius 3 is 2.46 bits per heavy atom. The normalized spacial score (nSPS) is 15.2. The predicted octanol–water partition coefficient (Wildman–Crippen LogP) is 5.29. The van der Waals surface area contributed by atoms with Crippen molar-refractivity contribution in [3.8, 4) is 0 Å². The van der Waals surface area contributed by atoms with E-state index in [9.17, 15) is 8.94 Å². The van der Waals surface area contributed by atoms with Crippen LogP contribution >= 0.6 is 11.9 Å². The molecule has 10 heteroatoms. The second-order valence-corrected chi connectivity index (χ2v) is 10.3. The zero-order chi connectivity index (χ0) is 24.2. The first kappa shape index (κ1) is 23.8. The zero-order valence-electron chi connectivity index (χ0n) is 19.0. The van der Waals surface area contributed by atoms with Crippen LogP contribution in [0.25, 0.3) is 11.0 Å². The largest absolute Gasteiger partial charge is 0.588 e. The van der Waals surface area contributed by atoms with E-state index in [0.717, 1.165) is 36.9 Å². The van der Waals surface area contributed by atoms with Crippen LogP contribution in [0.2, 0.25) is 0 Å². The van der Waals surface area contributed by atoms with Gasteiger partial charge in [-0.15, -0.1) is 0 Å². The number of hydrogen-bond donors (Lipinski definition) is 2. The molecule has 5 rings (SSSR count). The van der Waals surface area contributed by atoms with Gasteiger partial charge >= 0.3 is 0 Å². The molecule has 1 fully saturated rings. The van der Waals surface area contributed by atoms with E-state index < -0.39 is 11.4 Å². The number of nitrogens with zero attached hydrogens (tertiary/aromatic N) is 3. The molecule has 35 heavy (non-hydrogen) atoms. The van der Waals surface area contributed by atoms with Gasteiger partial charge in [0.05, 0.1) is 24.2 Å². The number of anilines is 3. The molecule has 2 heterocycles. The number of aromatic nitrogens is 2. The van der Waals surface area contributed by atoms with Gasteiger partial charge < -0.3 is 14.6 Å². The zero-order valence-corrected chi connectivity index (χ0v) is 20.7. The Balaban J connectivity index is 1.43. The number of ether oxygens (including phenoxy) is 1. The van der Waals surface area contributed by atoms with E-state index in [1.807, 2.05) is 42.5 Å². The summed E-state index contributed by atoms with van der Waals surface area (Å²) in [4.78, 5) is 11.0. The molecule has 0 saturated carbocycles. The van der Waals surface area contributed by atoms with Crippen molar-refractivity contribution in [2.45, 2.75) is 16.7 Å². The van der Waals surface area contributed by atoms with Gasteiger partial charge in [0.1, 0.15) is 17.2 Å². The molecule has 7 nitrogen and oxygen atoms in total. The average molecular weight is 510 g/mol. The number of para-hydroxylation sites is 2. The maximum absolute atomic E-state index is 13.5. The standard InChI is InChI=1S/C25H24FN5O2S2/c1-17-15-18(26)9-10-23(17)35(32)30-25-24(28-21-7-2-3-8-22(21)29-25)27-19-5-4-6-20(16-19)34-31-11-13-33-14-12-31/h2-10,15-16H,11-14H2,1H3,(H,27,28)(H,29,30). The van der Waals surface area contributed by atoms with Gasteiger partial charge in [0.2, 0.25) is 5.82 Å². The number of morpholine rings is 1. The SMILES string of the molecule is Cc1cc(F)ccc1[S+]([O-])Nc1nc2ccccc2nc1Nc1cccc(SN2CCOCC2)c1. The van der Waals surface area contributed by atoms with Gasteiger partial charge in [-0.25, -0.2) is 18.7 Å². The molecule has 1 unspecified atom stereocenters. The van der Waals surface area contributed by atoms with Gasteiger partial charge in [0.15, 0.2) is 10.7 Å². The molecule has 1 saturated heterocycles. The fraction of sp³-hybridized carbons (Fsp3) is 0.200. The number of rotatable bonds is 7.